The summed E-state index contributed by atoms with van der Waals surface area (Å²) in [5.41, 5.74) is 3.64. The van der Waals surface area contributed by atoms with Crippen molar-refractivity contribution in [2.75, 3.05) is 18.6 Å². The van der Waals surface area contributed by atoms with Gasteiger partial charge in [0.15, 0.2) is 6.34 Å². The number of pyridine rings is 2. The Labute approximate surface area is 156 Å². The summed E-state index contributed by atoms with van der Waals surface area (Å²) >= 11 is 0. The first-order chi connectivity index (χ1) is 13.1. The summed E-state index contributed by atoms with van der Waals surface area (Å²) in [5, 5.41) is 38.7. The van der Waals surface area contributed by atoms with Crippen LogP contribution in [0.25, 0.3) is 0 Å². The number of hydrazone groups is 1. The zero-order chi connectivity index (χ0) is 19.9. The van der Waals surface area contributed by atoms with Gasteiger partial charge in [0.25, 0.3) is 0 Å². The number of carboxylic acid groups (broad SMARTS) is 1. The first-order valence-electron chi connectivity index (χ1n) is 8.08. The van der Waals surface area contributed by atoms with Gasteiger partial charge in [-0.25, -0.2) is 9.55 Å². The van der Waals surface area contributed by atoms with E-state index in [1.807, 2.05) is 24.4 Å². The molecule has 0 unspecified atom stereocenters. The molecule has 0 aliphatic heterocycles. The van der Waals surface area contributed by atoms with Crippen LogP contribution < -0.4 is 15.1 Å². The van der Waals surface area contributed by atoms with E-state index < -0.39 is 5.97 Å². The van der Waals surface area contributed by atoms with Crippen molar-refractivity contribution in [1.29, 1.82) is 0 Å². The maximum atomic E-state index is 9.00. The van der Waals surface area contributed by atoms with E-state index >= 15 is 0 Å². The molecular formula is C17H22N6O4. The molecule has 0 atom stereocenters. The number of azo groups is 1. The highest BCUT2D eigenvalue weighted by molar-refractivity contribution is 5.60. The average molecular weight is 374 g/mol. The largest absolute Gasteiger partial charge is 0.550 e. The predicted molar refractivity (Wildman–Crippen MR) is 96.1 cm³/mol. The maximum absolute atomic E-state index is 9.00. The summed E-state index contributed by atoms with van der Waals surface area (Å²) in [4.78, 5) is 13.0. The molecule has 0 fully saturated rings. The lowest BCUT2D eigenvalue weighted by molar-refractivity contribution is -0.685. The lowest BCUT2D eigenvalue weighted by atomic mass is 10.2. The van der Waals surface area contributed by atoms with Gasteiger partial charge in [-0.05, 0) is 36.2 Å². The maximum Gasteiger partial charge on any atom is 0.350 e. The Bertz CT molecular complexity index is 763. The van der Waals surface area contributed by atoms with Crippen LogP contribution in [0.1, 0.15) is 12.5 Å². The highest BCUT2D eigenvalue weighted by atomic mass is 16.4. The van der Waals surface area contributed by atoms with Gasteiger partial charge in [-0.1, -0.05) is 12.1 Å². The van der Waals surface area contributed by atoms with Crippen LogP contribution >= 0.6 is 0 Å². The highest BCUT2D eigenvalue weighted by Gasteiger charge is 2.06. The molecule has 0 aliphatic rings. The van der Waals surface area contributed by atoms with Crippen LogP contribution in [0.15, 0.2) is 58.1 Å². The fraction of sp³-hybridized carbons (Fsp3) is 0.294. The van der Waals surface area contributed by atoms with Gasteiger partial charge >= 0.3 is 5.82 Å². The van der Waals surface area contributed by atoms with Crippen molar-refractivity contribution in [3.05, 3.63) is 48.3 Å². The summed E-state index contributed by atoms with van der Waals surface area (Å²) in [6.07, 6.45) is 5.23. The molecule has 2 rings (SSSR count). The van der Waals surface area contributed by atoms with Crippen LogP contribution in [0, 0.1) is 0 Å². The third-order valence-corrected chi connectivity index (χ3v) is 2.97. The Kier molecular flexibility index (Phi) is 10.5. The number of aliphatic hydroxyl groups excluding tert-OH is 2. The van der Waals surface area contributed by atoms with Gasteiger partial charge in [-0.3, -0.25) is 5.43 Å². The quantitative estimate of drug-likeness (QED) is 0.192. The van der Waals surface area contributed by atoms with Crippen molar-refractivity contribution >= 4 is 23.9 Å². The first kappa shape index (κ1) is 21.8. The molecule has 27 heavy (non-hydrogen) atoms. The zero-order valence-corrected chi connectivity index (χ0v) is 14.9. The van der Waals surface area contributed by atoms with Gasteiger partial charge in [0.2, 0.25) is 0 Å². The number of aliphatic hydroxyl groups is 2. The standard InChI is InChI=1S/C15H18N6O2.C2H4O2/c22-10-6-13-4-3-7-16-15(13)20-18-12-17-19-14-5-1-2-8-21(14)9-11-23;1-2(3)4/h1-5,7-8,12,22-23H,6,9-11H2;1H3,(H,3,4). The Morgan fingerprint density at radius 3 is 2.78 bits per heavy atom. The fourth-order valence-corrected chi connectivity index (χ4v) is 1.92. The minimum absolute atomic E-state index is 0.0279. The van der Waals surface area contributed by atoms with Gasteiger partial charge in [0.05, 0.1) is 17.9 Å². The average Bonchev–Trinajstić information content (AvgIpc) is 2.64. The Morgan fingerprint density at radius 1 is 1.30 bits per heavy atom. The van der Waals surface area contributed by atoms with Crippen LogP contribution in [-0.2, 0) is 17.8 Å². The first-order valence-corrected chi connectivity index (χ1v) is 8.08. The monoisotopic (exact) mass is 374 g/mol. The Hall–Kier alpha value is -3.24. The highest BCUT2D eigenvalue weighted by Crippen LogP contribution is 2.11. The summed E-state index contributed by atoms with van der Waals surface area (Å²) in [6, 6.07) is 9.15. The molecule has 0 saturated heterocycles. The number of rotatable bonds is 8. The van der Waals surface area contributed by atoms with Crippen molar-refractivity contribution in [1.82, 2.24) is 4.98 Å². The van der Waals surface area contributed by atoms with Gasteiger partial charge < -0.3 is 20.1 Å². The second-order valence-corrected chi connectivity index (χ2v) is 5.02. The van der Waals surface area contributed by atoms with Crippen molar-refractivity contribution < 1.29 is 24.7 Å². The van der Waals surface area contributed by atoms with Gasteiger partial charge in [-0.2, -0.15) is 5.10 Å². The molecule has 0 aliphatic carbocycles. The second kappa shape index (κ2) is 13.0. The summed E-state index contributed by atoms with van der Waals surface area (Å²) < 4.78 is 1.78. The number of hydrogen-bond donors (Lipinski definition) is 3. The van der Waals surface area contributed by atoms with Crippen LogP contribution in [0.4, 0.5) is 11.6 Å². The molecule has 0 amide bonds. The molecule has 10 heteroatoms. The molecule has 2 heterocycles. The number of hydrogen-bond acceptors (Lipinski definition) is 8. The normalized spacial score (nSPS) is 10.6. The number of carbonyl (C=O) groups excluding carboxylic acids is 1. The van der Waals surface area contributed by atoms with Gasteiger partial charge in [-0.15, -0.1) is 0 Å². The smallest absolute Gasteiger partial charge is 0.350 e. The molecule has 10 nitrogen and oxygen atoms in total. The Morgan fingerprint density at radius 2 is 2.07 bits per heavy atom. The van der Waals surface area contributed by atoms with E-state index in [0.717, 1.165) is 12.5 Å². The molecule has 2 aromatic rings. The van der Waals surface area contributed by atoms with Crippen LogP contribution in [-0.4, -0.2) is 40.7 Å². The zero-order valence-electron chi connectivity index (χ0n) is 14.9. The molecule has 0 radical (unpaired) electrons. The van der Waals surface area contributed by atoms with E-state index in [9.17, 15) is 0 Å². The predicted octanol–water partition coefficient (Wildman–Crippen LogP) is -0.209. The van der Waals surface area contributed by atoms with Crippen LogP contribution in [0.3, 0.4) is 0 Å². The number of aromatic nitrogens is 2. The van der Waals surface area contributed by atoms with Crippen LogP contribution in [0.5, 0.6) is 0 Å². The molecule has 3 N–H and O–H groups in total. The number of aliphatic carboxylic acids is 1. The summed E-state index contributed by atoms with van der Waals surface area (Å²) in [7, 11) is 0. The van der Waals surface area contributed by atoms with Gasteiger partial charge in [0, 0.05) is 24.8 Å². The topological polar surface area (TPSA) is 146 Å². The van der Waals surface area contributed by atoms with E-state index in [4.69, 9.17) is 20.1 Å². The summed E-state index contributed by atoms with van der Waals surface area (Å²) in [5.74, 6) is 0.106. The molecule has 144 valence electrons. The van der Waals surface area contributed by atoms with E-state index in [-0.39, 0.29) is 13.2 Å². The minimum Gasteiger partial charge on any atom is -0.550 e. The molecule has 2 aromatic heterocycles. The van der Waals surface area contributed by atoms with Crippen molar-refractivity contribution in [2.24, 2.45) is 15.3 Å². The summed E-state index contributed by atoms with van der Waals surface area (Å²) in [6.45, 7) is 1.49. The third kappa shape index (κ3) is 9.14. The number of carbonyl (C=O) groups is 1. The molecule has 0 spiro atoms. The second-order valence-electron chi connectivity index (χ2n) is 5.02. The van der Waals surface area contributed by atoms with Crippen LogP contribution in [0.2, 0.25) is 0 Å². The lowest BCUT2D eigenvalue weighted by Gasteiger charge is -2.04. The van der Waals surface area contributed by atoms with Gasteiger partial charge in [0.1, 0.15) is 12.4 Å². The lowest BCUT2D eigenvalue weighted by Crippen LogP contribution is -2.35. The van der Waals surface area contributed by atoms with Crippen molar-refractivity contribution in [3.63, 3.8) is 0 Å². The number of nitrogens with zero attached hydrogens (tertiary/aromatic N) is 5. The molecule has 0 saturated carbocycles. The molecule has 0 bridgehead atoms. The molecule has 0 aromatic carbocycles. The number of nitrogens with one attached hydrogen (secondary N) is 1. The Balaban J connectivity index is 0.000000828. The third-order valence-electron chi connectivity index (χ3n) is 2.97. The van der Waals surface area contributed by atoms with E-state index in [1.165, 1.54) is 6.34 Å². The van der Waals surface area contributed by atoms with Crippen molar-refractivity contribution in [3.8, 4) is 0 Å². The number of anilines is 1. The minimum atomic E-state index is -1.08. The van der Waals surface area contributed by atoms with E-state index in [1.54, 1.807) is 22.9 Å². The van der Waals surface area contributed by atoms with Crippen molar-refractivity contribution in [2.45, 2.75) is 19.9 Å². The SMILES string of the molecule is CC(=O)[O-].OCCc1cccnc1N/N=C/N=Nc1cccc[n+]1CCO. The van der Waals surface area contributed by atoms with E-state index in [2.05, 4.69) is 25.7 Å². The fourth-order valence-electron chi connectivity index (χ4n) is 1.92. The van der Waals surface area contributed by atoms with E-state index in [0.29, 0.717) is 24.6 Å². The number of carboxylic acids is 1. The molecular weight excluding hydrogens is 352 g/mol.